The molecule has 0 aromatic carbocycles. The average molecular weight is 286 g/mol. The van der Waals surface area contributed by atoms with Crippen molar-refractivity contribution in [3.05, 3.63) is 0 Å². The summed E-state index contributed by atoms with van der Waals surface area (Å²) in [6.07, 6.45) is 5.40. The van der Waals surface area contributed by atoms with E-state index in [4.69, 9.17) is 5.11 Å². The molecule has 7 nitrogen and oxygen atoms in total. The molecule has 1 saturated carbocycles. The van der Waals surface area contributed by atoms with Crippen molar-refractivity contribution < 1.29 is 24.2 Å². The van der Waals surface area contributed by atoms with Crippen LogP contribution in [0.4, 0.5) is 4.79 Å². The van der Waals surface area contributed by atoms with Gasteiger partial charge < -0.3 is 15.2 Å². The van der Waals surface area contributed by atoms with Gasteiger partial charge in [0, 0.05) is 6.04 Å². The third-order valence-electron chi connectivity index (χ3n) is 3.39. The molecule has 0 heterocycles. The summed E-state index contributed by atoms with van der Waals surface area (Å²) in [6, 6.07) is -0.474. The summed E-state index contributed by atoms with van der Waals surface area (Å²) in [5.41, 5.74) is 0. The number of nitrogens with one attached hydrogen (secondary N) is 2. The van der Waals surface area contributed by atoms with Crippen LogP contribution in [-0.2, 0) is 14.3 Å². The van der Waals surface area contributed by atoms with Gasteiger partial charge in [0.05, 0.1) is 0 Å². The molecule has 0 aromatic rings. The van der Waals surface area contributed by atoms with Gasteiger partial charge in [-0.05, 0) is 18.8 Å². The second-order valence-electron chi connectivity index (χ2n) is 5.13. The quantitative estimate of drug-likeness (QED) is 0.651. The summed E-state index contributed by atoms with van der Waals surface area (Å²) < 4.78 is 4.60. The van der Waals surface area contributed by atoms with Crippen LogP contribution in [0.5, 0.6) is 0 Å². The molecule has 1 aliphatic carbocycles. The maximum atomic E-state index is 11.7. The number of ether oxygens (including phenoxy) is 1. The lowest BCUT2D eigenvalue weighted by atomic mass is 9.97. The van der Waals surface area contributed by atoms with Crippen LogP contribution in [0.3, 0.4) is 0 Å². The normalized spacial score (nSPS) is 22.6. The Hall–Kier alpha value is -1.63. The van der Waals surface area contributed by atoms with Crippen LogP contribution in [0.15, 0.2) is 0 Å². The summed E-state index contributed by atoms with van der Waals surface area (Å²) in [4.78, 5) is 33.2. The molecule has 0 spiro atoms. The first-order valence-corrected chi connectivity index (χ1v) is 6.89. The van der Waals surface area contributed by atoms with Crippen molar-refractivity contribution in [2.24, 2.45) is 5.92 Å². The predicted octanol–water partition coefficient (Wildman–Crippen LogP) is 0.882. The van der Waals surface area contributed by atoms with E-state index in [9.17, 15) is 14.4 Å². The molecule has 0 aromatic heterocycles. The summed E-state index contributed by atoms with van der Waals surface area (Å²) in [6.45, 7) is 1.09. The van der Waals surface area contributed by atoms with Crippen molar-refractivity contribution in [2.75, 3.05) is 13.2 Å². The van der Waals surface area contributed by atoms with Gasteiger partial charge >= 0.3 is 12.0 Å². The summed E-state index contributed by atoms with van der Waals surface area (Å²) in [7, 11) is 0. The highest BCUT2D eigenvalue weighted by Gasteiger charge is 2.22. The van der Waals surface area contributed by atoms with Crippen LogP contribution >= 0.6 is 0 Å². The second-order valence-corrected chi connectivity index (χ2v) is 5.13. The van der Waals surface area contributed by atoms with Gasteiger partial charge in [-0.15, -0.1) is 0 Å². The molecule has 20 heavy (non-hydrogen) atoms. The van der Waals surface area contributed by atoms with Crippen LogP contribution in [0.1, 0.15) is 39.0 Å². The van der Waals surface area contributed by atoms with Gasteiger partial charge in [0.25, 0.3) is 5.91 Å². The fourth-order valence-corrected chi connectivity index (χ4v) is 2.31. The van der Waals surface area contributed by atoms with Gasteiger partial charge in [0.15, 0.2) is 0 Å². The van der Waals surface area contributed by atoms with Crippen molar-refractivity contribution in [2.45, 2.75) is 45.1 Å². The van der Waals surface area contributed by atoms with Crippen LogP contribution in [-0.4, -0.2) is 42.3 Å². The number of hydrogen-bond acceptors (Lipinski definition) is 4. The van der Waals surface area contributed by atoms with Gasteiger partial charge in [0.1, 0.15) is 13.2 Å². The number of carbonyl (C=O) groups excluding carboxylic acids is 2. The maximum Gasteiger partial charge on any atom is 0.329 e. The molecule has 3 N–H and O–H groups in total. The fraction of sp³-hybridized carbons (Fsp3) is 0.769. The van der Waals surface area contributed by atoms with Gasteiger partial charge in [-0.2, -0.15) is 0 Å². The van der Waals surface area contributed by atoms with Crippen molar-refractivity contribution in [1.29, 1.82) is 0 Å². The van der Waals surface area contributed by atoms with E-state index in [1.54, 1.807) is 0 Å². The third-order valence-corrected chi connectivity index (χ3v) is 3.39. The first-order valence-electron chi connectivity index (χ1n) is 6.89. The Bertz CT molecular complexity index is 359. The van der Waals surface area contributed by atoms with Gasteiger partial charge in [-0.25, -0.2) is 9.59 Å². The predicted molar refractivity (Wildman–Crippen MR) is 71.2 cm³/mol. The summed E-state index contributed by atoms with van der Waals surface area (Å²) >= 11 is 0. The Balaban J connectivity index is 2.27. The zero-order chi connectivity index (χ0) is 15.0. The van der Waals surface area contributed by atoms with E-state index >= 15 is 0 Å². The molecule has 114 valence electrons. The second kappa shape index (κ2) is 8.52. The highest BCUT2D eigenvalue weighted by atomic mass is 16.5. The first-order chi connectivity index (χ1) is 9.49. The van der Waals surface area contributed by atoms with E-state index in [-0.39, 0.29) is 6.04 Å². The number of imide groups is 1. The Kier molecular flexibility index (Phi) is 7.00. The largest absolute Gasteiger partial charge is 0.480 e. The minimum atomic E-state index is -1.16. The Morgan fingerprint density at radius 1 is 1.15 bits per heavy atom. The average Bonchev–Trinajstić information content (AvgIpc) is 2.54. The maximum absolute atomic E-state index is 11.7. The van der Waals surface area contributed by atoms with Gasteiger partial charge in [0.2, 0.25) is 0 Å². The molecule has 0 aliphatic heterocycles. The number of urea groups is 1. The lowest BCUT2D eigenvalue weighted by Crippen LogP contribution is -2.47. The van der Waals surface area contributed by atoms with Crippen molar-refractivity contribution in [3.63, 3.8) is 0 Å². The number of rotatable bonds is 5. The lowest BCUT2D eigenvalue weighted by Gasteiger charge is -2.22. The Morgan fingerprint density at radius 3 is 2.55 bits per heavy atom. The van der Waals surface area contributed by atoms with Gasteiger partial charge in [-0.3, -0.25) is 10.1 Å². The van der Waals surface area contributed by atoms with E-state index in [2.05, 4.69) is 22.3 Å². The third kappa shape index (κ3) is 6.51. The van der Waals surface area contributed by atoms with E-state index < -0.39 is 31.1 Å². The summed E-state index contributed by atoms with van der Waals surface area (Å²) in [5, 5.41) is 13.3. The first kappa shape index (κ1) is 16.4. The van der Waals surface area contributed by atoms with Crippen LogP contribution in [0, 0.1) is 5.92 Å². The molecule has 1 rings (SSSR count). The molecular weight excluding hydrogens is 264 g/mol. The number of amides is 3. The van der Waals surface area contributed by atoms with Crippen molar-refractivity contribution in [1.82, 2.24) is 10.6 Å². The topological polar surface area (TPSA) is 105 Å². The number of carbonyl (C=O) groups is 3. The van der Waals surface area contributed by atoms with E-state index in [1.165, 1.54) is 12.8 Å². The highest BCUT2D eigenvalue weighted by Crippen LogP contribution is 2.22. The fourth-order valence-electron chi connectivity index (χ4n) is 2.31. The van der Waals surface area contributed by atoms with Crippen LogP contribution in [0.2, 0.25) is 0 Å². The standard InChI is InChI=1S/C13H22N2O5/c1-9-5-3-2-4-6-10(9)14-13(19)15-11(16)7-20-8-12(17)18/h9-10H,2-8H2,1H3,(H,17,18)(H2,14,15,16,19). The zero-order valence-corrected chi connectivity index (χ0v) is 11.7. The smallest absolute Gasteiger partial charge is 0.329 e. The molecule has 1 aliphatic rings. The van der Waals surface area contributed by atoms with E-state index in [0.29, 0.717) is 5.92 Å². The number of carboxylic acids is 1. The molecule has 3 amide bonds. The van der Waals surface area contributed by atoms with Crippen LogP contribution < -0.4 is 10.6 Å². The molecule has 2 atom stereocenters. The Morgan fingerprint density at radius 2 is 1.85 bits per heavy atom. The minimum Gasteiger partial charge on any atom is -0.480 e. The monoisotopic (exact) mass is 286 g/mol. The highest BCUT2D eigenvalue weighted by molar-refractivity contribution is 5.95. The van der Waals surface area contributed by atoms with E-state index in [1.807, 2.05) is 0 Å². The number of carboxylic acid groups (broad SMARTS) is 1. The molecule has 2 unspecified atom stereocenters. The molecule has 0 bridgehead atoms. The SMILES string of the molecule is CC1CCCCCC1NC(=O)NC(=O)COCC(=O)O. The van der Waals surface area contributed by atoms with E-state index in [0.717, 1.165) is 19.3 Å². The molecule has 0 saturated heterocycles. The molecule has 1 fully saturated rings. The number of aliphatic carboxylic acids is 1. The Labute approximate surface area is 118 Å². The van der Waals surface area contributed by atoms with Gasteiger partial charge in [-0.1, -0.05) is 26.2 Å². The molecular formula is C13H22N2O5. The zero-order valence-electron chi connectivity index (χ0n) is 11.7. The molecule has 7 heteroatoms. The molecule has 0 radical (unpaired) electrons. The lowest BCUT2D eigenvalue weighted by molar-refractivity contribution is -0.143. The van der Waals surface area contributed by atoms with Crippen molar-refractivity contribution in [3.8, 4) is 0 Å². The van der Waals surface area contributed by atoms with Crippen LogP contribution in [0.25, 0.3) is 0 Å². The minimum absolute atomic E-state index is 0.0743. The van der Waals surface area contributed by atoms with Crippen molar-refractivity contribution >= 4 is 17.9 Å². The summed E-state index contributed by atoms with van der Waals surface area (Å²) in [5.74, 6) is -1.42. The number of hydrogen-bond donors (Lipinski definition) is 3.